The van der Waals surface area contributed by atoms with Crippen molar-refractivity contribution in [2.45, 2.75) is 25.8 Å². The Morgan fingerprint density at radius 3 is 2.53 bits per heavy atom. The summed E-state index contributed by atoms with van der Waals surface area (Å²) in [6.45, 7) is 3.14. The summed E-state index contributed by atoms with van der Waals surface area (Å²) in [7, 11) is 0. The Morgan fingerprint density at radius 1 is 1.09 bits per heavy atom. The fourth-order valence-corrected chi connectivity index (χ4v) is 3.69. The van der Waals surface area contributed by atoms with Crippen molar-refractivity contribution in [1.29, 1.82) is 10.5 Å². The van der Waals surface area contributed by atoms with Crippen molar-refractivity contribution in [2.24, 2.45) is 0 Å². The lowest BCUT2D eigenvalue weighted by Crippen LogP contribution is -2.34. The molecule has 3 amide bonds. The Morgan fingerprint density at radius 2 is 1.85 bits per heavy atom. The van der Waals surface area contributed by atoms with E-state index in [4.69, 9.17) is 5.26 Å². The van der Waals surface area contributed by atoms with Gasteiger partial charge in [0.1, 0.15) is 0 Å². The summed E-state index contributed by atoms with van der Waals surface area (Å²) in [5.74, 6) is -0.809. The van der Waals surface area contributed by atoms with Gasteiger partial charge in [0.2, 0.25) is 5.91 Å². The predicted molar refractivity (Wildman–Crippen MR) is 125 cm³/mol. The van der Waals surface area contributed by atoms with Gasteiger partial charge < -0.3 is 15.5 Å². The quantitative estimate of drug-likeness (QED) is 0.468. The van der Waals surface area contributed by atoms with Crippen molar-refractivity contribution in [3.05, 3.63) is 82.4 Å². The number of nitrogens with one attached hydrogen (secondary N) is 2. The van der Waals surface area contributed by atoms with Crippen LogP contribution in [-0.4, -0.2) is 42.3 Å². The van der Waals surface area contributed by atoms with Crippen LogP contribution in [0, 0.1) is 29.6 Å². The molecule has 34 heavy (non-hydrogen) atoms. The molecule has 1 atom stereocenters. The van der Waals surface area contributed by atoms with Gasteiger partial charge in [-0.05, 0) is 48.4 Å². The van der Waals surface area contributed by atoms with Crippen molar-refractivity contribution in [1.82, 2.24) is 15.5 Å². The van der Waals surface area contributed by atoms with Gasteiger partial charge in [-0.1, -0.05) is 24.3 Å². The molecule has 1 aliphatic heterocycles. The summed E-state index contributed by atoms with van der Waals surface area (Å²) in [6.07, 6.45) is 4.01. The normalized spacial score (nSPS) is 13.0. The zero-order valence-electron chi connectivity index (χ0n) is 18.9. The fourth-order valence-electron chi connectivity index (χ4n) is 3.69. The molecule has 3 rings (SSSR count). The van der Waals surface area contributed by atoms with Gasteiger partial charge in [-0.15, -0.1) is 0 Å². The highest BCUT2D eigenvalue weighted by molar-refractivity contribution is 5.99. The Labute approximate surface area is 198 Å². The van der Waals surface area contributed by atoms with E-state index in [1.807, 2.05) is 18.2 Å². The molecule has 1 unspecified atom stereocenters. The van der Waals surface area contributed by atoms with Gasteiger partial charge in [-0.3, -0.25) is 14.4 Å². The fraction of sp³-hybridized carbons (Fsp3) is 0.269. The zero-order valence-corrected chi connectivity index (χ0v) is 18.9. The van der Waals surface area contributed by atoms with Crippen molar-refractivity contribution < 1.29 is 14.4 Å². The number of hydrogen-bond donors (Lipinski definition) is 2. The molecule has 0 bridgehead atoms. The first-order valence-corrected chi connectivity index (χ1v) is 10.9. The highest BCUT2D eigenvalue weighted by Crippen LogP contribution is 2.21. The molecule has 2 N–H and O–H groups in total. The van der Waals surface area contributed by atoms with Gasteiger partial charge >= 0.3 is 0 Å². The monoisotopic (exact) mass is 455 g/mol. The second-order valence-electron chi connectivity index (χ2n) is 7.94. The maximum Gasteiger partial charge on any atom is 0.254 e. The minimum Gasteiger partial charge on any atom is -0.355 e. The standard InChI is InChI=1S/C26H25N5O3/c1-18-14-21(8-9-22(18)26(34)31-12-2-3-13-31)25(33)30-23(16-24(32)29-11-5-10-27)20-7-4-6-19(15-20)17-28/h2-4,6-9,14-15,23H,5,11-13,16H2,1H3,(H,29,32)(H,30,33). The molecule has 1 aliphatic rings. The zero-order chi connectivity index (χ0) is 24.5. The summed E-state index contributed by atoms with van der Waals surface area (Å²) >= 11 is 0. The summed E-state index contributed by atoms with van der Waals surface area (Å²) in [5, 5.41) is 23.4. The SMILES string of the molecule is Cc1cc(C(=O)NC(CC(=O)NCCC#N)c2cccc(C#N)c2)ccc1C(=O)N1CC=CC1. The number of benzene rings is 2. The first-order chi connectivity index (χ1) is 16.4. The van der Waals surface area contributed by atoms with Crippen LogP contribution in [0.3, 0.4) is 0 Å². The summed E-state index contributed by atoms with van der Waals surface area (Å²) in [4.78, 5) is 39.9. The number of nitriles is 2. The molecule has 0 saturated carbocycles. The predicted octanol–water partition coefficient (Wildman–Crippen LogP) is 2.77. The summed E-state index contributed by atoms with van der Waals surface area (Å²) < 4.78 is 0. The van der Waals surface area contributed by atoms with Crippen LogP contribution in [0.1, 0.15) is 56.3 Å². The number of rotatable bonds is 8. The highest BCUT2D eigenvalue weighted by atomic mass is 16.2. The van der Waals surface area contributed by atoms with Gasteiger partial charge in [0, 0.05) is 30.8 Å². The van der Waals surface area contributed by atoms with E-state index in [2.05, 4.69) is 16.7 Å². The lowest BCUT2D eigenvalue weighted by Gasteiger charge is -2.20. The number of aryl methyl sites for hydroxylation is 1. The molecule has 8 heteroatoms. The third kappa shape index (κ3) is 6.08. The van der Waals surface area contributed by atoms with Crippen LogP contribution < -0.4 is 10.6 Å². The Hall–Kier alpha value is -4.43. The third-order valence-electron chi connectivity index (χ3n) is 5.50. The van der Waals surface area contributed by atoms with Gasteiger partial charge in [0.05, 0.1) is 36.6 Å². The van der Waals surface area contributed by atoms with Crippen molar-refractivity contribution in [3.8, 4) is 12.1 Å². The first-order valence-electron chi connectivity index (χ1n) is 10.9. The Balaban J connectivity index is 1.78. The maximum atomic E-state index is 13.1. The summed E-state index contributed by atoms with van der Waals surface area (Å²) in [5.41, 5.74) is 2.61. The smallest absolute Gasteiger partial charge is 0.254 e. The van der Waals surface area contributed by atoms with Crippen molar-refractivity contribution in [2.75, 3.05) is 19.6 Å². The highest BCUT2D eigenvalue weighted by Gasteiger charge is 2.22. The molecule has 0 radical (unpaired) electrons. The van der Waals surface area contributed by atoms with Gasteiger partial charge in [0.25, 0.3) is 11.8 Å². The van der Waals surface area contributed by atoms with E-state index in [1.54, 1.807) is 54.3 Å². The molecule has 0 aliphatic carbocycles. The van der Waals surface area contributed by atoms with Gasteiger partial charge in [-0.25, -0.2) is 0 Å². The Kier molecular flexibility index (Phi) is 8.15. The molecule has 2 aromatic rings. The van der Waals surface area contributed by atoms with Crippen molar-refractivity contribution in [3.63, 3.8) is 0 Å². The number of nitrogens with zero attached hydrogens (tertiary/aromatic N) is 3. The van der Waals surface area contributed by atoms with Gasteiger partial charge in [0.15, 0.2) is 0 Å². The average molecular weight is 456 g/mol. The van der Waals surface area contributed by atoms with Crippen molar-refractivity contribution >= 4 is 17.7 Å². The minimum absolute atomic E-state index is 0.0520. The molecule has 2 aromatic carbocycles. The number of hydrogen-bond acceptors (Lipinski definition) is 5. The van der Waals surface area contributed by atoms with E-state index < -0.39 is 11.9 Å². The number of amides is 3. The molecule has 172 valence electrons. The molecule has 0 fully saturated rings. The van der Waals surface area contributed by atoms with Crippen LogP contribution in [0.4, 0.5) is 0 Å². The van der Waals surface area contributed by atoms with E-state index in [0.717, 1.165) is 0 Å². The van der Waals surface area contributed by atoms with Crippen LogP contribution in [0.15, 0.2) is 54.6 Å². The second-order valence-corrected chi connectivity index (χ2v) is 7.94. The van der Waals surface area contributed by atoms with Crippen LogP contribution in [0.25, 0.3) is 0 Å². The van der Waals surface area contributed by atoms with E-state index in [9.17, 15) is 19.6 Å². The third-order valence-corrected chi connectivity index (χ3v) is 5.50. The summed E-state index contributed by atoms with van der Waals surface area (Å²) in [6, 6.07) is 14.9. The largest absolute Gasteiger partial charge is 0.355 e. The van der Waals surface area contributed by atoms with E-state index in [0.29, 0.717) is 40.9 Å². The van der Waals surface area contributed by atoms with Gasteiger partial charge in [-0.2, -0.15) is 10.5 Å². The van der Waals surface area contributed by atoms with Crippen LogP contribution in [0.2, 0.25) is 0 Å². The van der Waals surface area contributed by atoms with E-state index in [-0.39, 0.29) is 31.2 Å². The molecular formula is C26H25N5O3. The number of carbonyl (C=O) groups excluding carboxylic acids is 3. The van der Waals surface area contributed by atoms with E-state index >= 15 is 0 Å². The molecule has 0 aromatic heterocycles. The van der Waals surface area contributed by atoms with Crippen LogP contribution >= 0.6 is 0 Å². The lowest BCUT2D eigenvalue weighted by molar-refractivity contribution is -0.121. The second kappa shape index (κ2) is 11.4. The van der Waals surface area contributed by atoms with E-state index in [1.165, 1.54) is 0 Å². The molecular weight excluding hydrogens is 430 g/mol. The molecule has 0 spiro atoms. The topological polar surface area (TPSA) is 126 Å². The lowest BCUT2D eigenvalue weighted by atomic mass is 9.99. The molecule has 8 nitrogen and oxygen atoms in total. The van der Waals surface area contributed by atoms with Crippen LogP contribution in [-0.2, 0) is 4.79 Å². The van der Waals surface area contributed by atoms with Crippen LogP contribution in [0.5, 0.6) is 0 Å². The molecule has 0 saturated heterocycles. The minimum atomic E-state index is -0.680. The number of carbonyl (C=O) groups is 3. The molecule has 1 heterocycles. The maximum absolute atomic E-state index is 13.1. The Bertz CT molecular complexity index is 1200. The first kappa shape index (κ1) is 24.2. The average Bonchev–Trinajstić information content (AvgIpc) is 3.38.